The molecule has 0 unspecified atom stereocenters. The molecule has 1 N–H and O–H groups in total. The average Bonchev–Trinajstić information content (AvgIpc) is 2.74. The molecule has 9 heteroatoms. The Morgan fingerprint density at radius 3 is 2.23 bits per heavy atom. The van der Waals surface area contributed by atoms with E-state index in [1.165, 1.54) is 6.07 Å². The first-order valence-corrected chi connectivity index (χ1v) is 10.4. The van der Waals surface area contributed by atoms with Gasteiger partial charge in [0.1, 0.15) is 12.4 Å². The predicted octanol–water partition coefficient (Wildman–Crippen LogP) is 6.67. The molecule has 5 nitrogen and oxygen atoms in total. The van der Waals surface area contributed by atoms with Gasteiger partial charge in [0.25, 0.3) is 5.91 Å². The van der Waals surface area contributed by atoms with Gasteiger partial charge < -0.3 is 14.8 Å². The SMILES string of the molecule is O=C(COc1ccc(Cl)cc1Cl)Nc1ccc(C(=O)OCc2ccc(Cl)c(Cl)c2)cc1. The molecule has 0 saturated heterocycles. The van der Waals surface area contributed by atoms with E-state index in [4.69, 9.17) is 55.9 Å². The van der Waals surface area contributed by atoms with Gasteiger partial charge in [-0.05, 0) is 60.2 Å². The van der Waals surface area contributed by atoms with Gasteiger partial charge in [-0.15, -0.1) is 0 Å². The number of esters is 1. The number of carbonyl (C=O) groups is 2. The third-order valence-corrected chi connectivity index (χ3v) is 5.28. The third kappa shape index (κ3) is 6.77. The number of carbonyl (C=O) groups excluding carboxylic acids is 2. The van der Waals surface area contributed by atoms with E-state index in [2.05, 4.69) is 5.32 Å². The van der Waals surface area contributed by atoms with Gasteiger partial charge in [0.15, 0.2) is 6.61 Å². The van der Waals surface area contributed by atoms with E-state index in [1.54, 1.807) is 54.6 Å². The van der Waals surface area contributed by atoms with E-state index in [1.807, 2.05) is 0 Å². The summed E-state index contributed by atoms with van der Waals surface area (Å²) in [5.74, 6) is -0.549. The molecule has 0 aromatic heterocycles. The summed E-state index contributed by atoms with van der Waals surface area (Å²) in [4.78, 5) is 24.3. The van der Waals surface area contributed by atoms with Crippen LogP contribution >= 0.6 is 46.4 Å². The van der Waals surface area contributed by atoms with Crippen LogP contribution in [-0.2, 0) is 16.1 Å². The van der Waals surface area contributed by atoms with Crippen molar-refractivity contribution in [2.75, 3.05) is 11.9 Å². The lowest BCUT2D eigenvalue weighted by molar-refractivity contribution is -0.118. The number of halogens is 4. The summed E-state index contributed by atoms with van der Waals surface area (Å²) in [5, 5.41) is 4.26. The average molecular weight is 499 g/mol. The molecule has 3 aromatic carbocycles. The Hall–Kier alpha value is -2.44. The molecule has 160 valence electrons. The third-order valence-electron chi connectivity index (χ3n) is 4.01. The minimum absolute atomic E-state index is 0.0544. The summed E-state index contributed by atoms with van der Waals surface area (Å²) in [5.41, 5.74) is 1.55. The van der Waals surface area contributed by atoms with Crippen molar-refractivity contribution in [3.05, 3.63) is 91.9 Å². The van der Waals surface area contributed by atoms with Gasteiger partial charge in [-0.3, -0.25) is 4.79 Å². The van der Waals surface area contributed by atoms with Crippen molar-refractivity contribution in [2.45, 2.75) is 6.61 Å². The van der Waals surface area contributed by atoms with Crippen molar-refractivity contribution < 1.29 is 19.1 Å². The number of hydrogen-bond donors (Lipinski definition) is 1. The molecule has 0 atom stereocenters. The van der Waals surface area contributed by atoms with E-state index in [0.717, 1.165) is 0 Å². The maximum absolute atomic E-state index is 12.2. The van der Waals surface area contributed by atoms with Crippen molar-refractivity contribution in [1.29, 1.82) is 0 Å². The fourth-order valence-corrected chi connectivity index (χ4v) is 3.27. The summed E-state index contributed by atoms with van der Waals surface area (Å²) < 4.78 is 10.7. The van der Waals surface area contributed by atoms with Crippen LogP contribution in [0, 0.1) is 0 Å². The van der Waals surface area contributed by atoms with Crippen LogP contribution in [0.5, 0.6) is 5.75 Å². The number of amides is 1. The summed E-state index contributed by atoms with van der Waals surface area (Å²) in [6.07, 6.45) is 0. The second-order valence-electron chi connectivity index (χ2n) is 6.31. The van der Waals surface area contributed by atoms with Crippen molar-refractivity contribution in [3.8, 4) is 5.75 Å². The van der Waals surface area contributed by atoms with Gasteiger partial charge in [-0.1, -0.05) is 52.5 Å². The van der Waals surface area contributed by atoms with Gasteiger partial charge in [0.05, 0.1) is 20.6 Å². The molecule has 0 fully saturated rings. The monoisotopic (exact) mass is 497 g/mol. The first-order valence-electron chi connectivity index (χ1n) is 8.90. The van der Waals surface area contributed by atoms with Crippen LogP contribution in [0.2, 0.25) is 20.1 Å². The topological polar surface area (TPSA) is 64.6 Å². The van der Waals surface area contributed by atoms with E-state index in [-0.39, 0.29) is 19.1 Å². The lowest BCUT2D eigenvalue weighted by atomic mass is 10.2. The van der Waals surface area contributed by atoms with Crippen molar-refractivity contribution in [3.63, 3.8) is 0 Å². The molecule has 0 bridgehead atoms. The van der Waals surface area contributed by atoms with Crippen LogP contribution in [-0.4, -0.2) is 18.5 Å². The Labute approximate surface area is 198 Å². The highest BCUT2D eigenvalue weighted by atomic mass is 35.5. The molecule has 3 rings (SSSR count). The van der Waals surface area contributed by atoms with Crippen LogP contribution in [0.15, 0.2) is 60.7 Å². The molecule has 0 radical (unpaired) electrons. The van der Waals surface area contributed by atoms with Gasteiger partial charge in [0.2, 0.25) is 0 Å². The maximum Gasteiger partial charge on any atom is 0.338 e. The molecule has 0 heterocycles. The maximum atomic E-state index is 12.2. The highest BCUT2D eigenvalue weighted by Gasteiger charge is 2.10. The number of rotatable bonds is 7. The molecule has 0 spiro atoms. The van der Waals surface area contributed by atoms with Crippen molar-refractivity contribution in [1.82, 2.24) is 0 Å². The fraction of sp³-hybridized carbons (Fsp3) is 0.0909. The minimum Gasteiger partial charge on any atom is -0.482 e. The molecule has 0 aliphatic heterocycles. The summed E-state index contributed by atoms with van der Waals surface area (Å²) >= 11 is 23.6. The summed E-state index contributed by atoms with van der Waals surface area (Å²) in [6, 6.07) is 16.0. The molecular formula is C22H15Cl4NO4. The zero-order valence-electron chi connectivity index (χ0n) is 15.8. The van der Waals surface area contributed by atoms with Crippen molar-refractivity contribution >= 4 is 64.0 Å². The Bertz CT molecular complexity index is 1100. The number of anilines is 1. The number of ether oxygens (including phenoxy) is 2. The first-order chi connectivity index (χ1) is 14.8. The van der Waals surface area contributed by atoms with E-state index in [0.29, 0.717) is 42.7 Å². The molecule has 31 heavy (non-hydrogen) atoms. The van der Waals surface area contributed by atoms with Crippen molar-refractivity contribution in [2.24, 2.45) is 0 Å². The Balaban J connectivity index is 1.50. The van der Waals surface area contributed by atoms with Gasteiger partial charge >= 0.3 is 5.97 Å². The molecule has 0 aliphatic rings. The summed E-state index contributed by atoms with van der Waals surface area (Å²) in [6.45, 7) is -0.187. The van der Waals surface area contributed by atoms with Crippen LogP contribution in [0.25, 0.3) is 0 Å². The minimum atomic E-state index is -0.510. The zero-order chi connectivity index (χ0) is 22.4. The van der Waals surface area contributed by atoms with Crippen LogP contribution in [0.1, 0.15) is 15.9 Å². The normalized spacial score (nSPS) is 10.5. The van der Waals surface area contributed by atoms with Gasteiger partial charge in [-0.25, -0.2) is 4.79 Å². The van der Waals surface area contributed by atoms with Gasteiger partial charge in [0, 0.05) is 10.7 Å². The predicted molar refractivity (Wildman–Crippen MR) is 123 cm³/mol. The van der Waals surface area contributed by atoms with Gasteiger partial charge in [-0.2, -0.15) is 0 Å². The molecule has 0 aliphatic carbocycles. The largest absolute Gasteiger partial charge is 0.482 e. The molecule has 3 aromatic rings. The molecule has 0 saturated carbocycles. The number of benzene rings is 3. The van der Waals surface area contributed by atoms with Crippen LogP contribution < -0.4 is 10.1 Å². The Morgan fingerprint density at radius 2 is 1.55 bits per heavy atom. The lowest BCUT2D eigenvalue weighted by Crippen LogP contribution is -2.20. The quantitative estimate of drug-likeness (QED) is 0.369. The zero-order valence-corrected chi connectivity index (χ0v) is 18.9. The Morgan fingerprint density at radius 1 is 0.806 bits per heavy atom. The highest BCUT2D eigenvalue weighted by Crippen LogP contribution is 2.27. The molecule has 1 amide bonds. The smallest absolute Gasteiger partial charge is 0.338 e. The second kappa shape index (κ2) is 10.7. The first kappa shape index (κ1) is 23.2. The highest BCUT2D eigenvalue weighted by molar-refractivity contribution is 6.42. The van der Waals surface area contributed by atoms with E-state index < -0.39 is 5.97 Å². The lowest BCUT2D eigenvalue weighted by Gasteiger charge is -2.10. The standard InChI is InChI=1S/C22H15Cl4NO4/c23-15-4-8-20(19(26)10-15)30-12-21(28)27-16-5-2-14(3-6-16)22(29)31-11-13-1-7-17(24)18(25)9-13/h1-10H,11-12H2,(H,27,28). The van der Waals surface area contributed by atoms with Crippen LogP contribution in [0.3, 0.4) is 0 Å². The fourth-order valence-electron chi connectivity index (χ4n) is 2.48. The van der Waals surface area contributed by atoms with Crippen LogP contribution in [0.4, 0.5) is 5.69 Å². The summed E-state index contributed by atoms with van der Waals surface area (Å²) in [7, 11) is 0. The molecular weight excluding hydrogens is 484 g/mol. The van der Waals surface area contributed by atoms with E-state index in [9.17, 15) is 9.59 Å². The second-order valence-corrected chi connectivity index (χ2v) is 7.97. The number of hydrogen-bond acceptors (Lipinski definition) is 4. The Kier molecular flexibility index (Phi) is 8.04. The van der Waals surface area contributed by atoms with E-state index >= 15 is 0 Å². The number of nitrogens with one attached hydrogen (secondary N) is 1.